The monoisotopic (exact) mass is 2140 g/mol. The molecule has 11 amide bonds. The quantitative estimate of drug-likeness (QED) is 0.00681. The summed E-state index contributed by atoms with van der Waals surface area (Å²) in [6.45, 7) is 25.0. The van der Waals surface area contributed by atoms with Gasteiger partial charge in [-0.15, -0.1) is 36.7 Å². The highest BCUT2D eigenvalue weighted by Crippen LogP contribution is 2.31. The van der Waals surface area contributed by atoms with Gasteiger partial charge in [0.2, 0.25) is 47.3 Å². The molecule has 0 spiro atoms. The van der Waals surface area contributed by atoms with Crippen LogP contribution in [0.5, 0.6) is 0 Å². The number of imide groups is 4. The van der Waals surface area contributed by atoms with E-state index in [4.69, 9.17) is 48.9 Å². The van der Waals surface area contributed by atoms with Crippen LogP contribution in [0.15, 0.2) is 96.4 Å². The van der Waals surface area contributed by atoms with Crippen LogP contribution in [0, 0.1) is 24.2 Å². The van der Waals surface area contributed by atoms with Crippen molar-refractivity contribution in [3.8, 4) is 24.2 Å². The number of amides is 11. The maximum absolute atomic E-state index is 12.6. The molecule has 5 aliphatic heterocycles. The lowest BCUT2D eigenvalue weighted by molar-refractivity contribution is -0.137. The van der Waals surface area contributed by atoms with Gasteiger partial charge in [-0.25, -0.2) is 33.6 Å². The van der Waals surface area contributed by atoms with Gasteiger partial charge in [-0.2, -0.15) is 9.90 Å². The molecule has 782 valence electrons. The van der Waals surface area contributed by atoms with Crippen LogP contribution in [0.3, 0.4) is 0 Å². The van der Waals surface area contributed by atoms with Gasteiger partial charge in [0.1, 0.15) is 63.3 Å². The van der Waals surface area contributed by atoms with Gasteiger partial charge in [-0.05, 0) is 229 Å². The van der Waals surface area contributed by atoms with Crippen molar-refractivity contribution in [1.29, 1.82) is 0 Å². The number of imidazole rings is 4. The highest BCUT2D eigenvalue weighted by Gasteiger charge is 2.36. The van der Waals surface area contributed by atoms with Gasteiger partial charge < -0.3 is 72.9 Å². The standard InChI is InChI=1S/C24H34N4O6.C24H30N4O6.C19H26N4O4.C13H12BrN3O3.C12H21NO3.C4H8O.ClH.HOP.H4P2.H3P/c2*1-24(2,3)34-23(32)27(4)13-7-15-33-14-6-9-16-8-5-10-17-20(16)26-22(31)28(17)18-11-12-19(29)25-21(18)30;1-20-10-4-12-27-11-3-6-13-5-2-7-14-17(13)22-19(26)23(14)15-8-9-16(24)21-18(15)25;1-16-11-7(14)3-2-4-8(11)17(13(16)20)9-5-6-10(18)15-12(9)19;1-6-9-15-10-7-8-13(5)11(14)16-12(2,3)4;1-2-4-5-3-1;;2*1-2;/h5,8,10,18H,6-7,9,11-15H2,1-4H3,(H,26,31)(H,25,29,30);5,8,10,18H,7,11-15H2,1-4H3,(H,26,31)(H,25,29,30);2,5,7,15,20H,3-4,6,8-12H2,1H3,(H,22,26)(H,21,24,25);2-4,9H,5-6H2,1H3,(H,15,18,19);1H,7-10H2,2-5H3;1-4H2;1H;2H;1-2H2;1H3. The van der Waals surface area contributed by atoms with Crippen LogP contribution in [0.4, 0.5) is 14.4 Å². The van der Waals surface area contributed by atoms with E-state index in [1.807, 2.05) is 112 Å². The first-order chi connectivity index (χ1) is 66.6. The molecule has 9 heterocycles. The van der Waals surface area contributed by atoms with Crippen LogP contribution >= 0.6 is 65.2 Å². The summed E-state index contributed by atoms with van der Waals surface area (Å²) in [5.41, 5.74) is 5.03. The van der Waals surface area contributed by atoms with E-state index >= 15 is 0 Å². The summed E-state index contributed by atoms with van der Waals surface area (Å²) in [7, 11) is 15.1. The molecule has 0 aliphatic carbocycles. The van der Waals surface area contributed by atoms with Crippen LogP contribution < -0.4 is 49.3 Å². The summed E-state index contributed by atoms with van der Waals surface area (Å²) in [5.74, 6) is 5.30. The summed E-state index contributed by atoms with van der Waals surface area (Å²) in [6, 6.07) is 19.3. The normalized spacial score (nSPS) is 16.0. The number of fused-ring (bicyclic) bond motifs is 4. The van der Waals surface area contributed by atoms with Crippen molar-refractivity contribution in [2.45, 2.75) is 219 Å². The average molecular weight is 2140 g/mol. The van der Waals surface area contributed by atoms with Crippen LogP contribution in [0.25, 0.3) is 44.1 Å². The van der Waals surface area contributed by atoms with Crippen LogP contribution in [0.2, 0.25) is 0 Å². The predicted octanol–water partition coefficient (Wildman–Crippen LogP) is 10.7. The molecule has 5 aliphatic rings. The number of ether oxygens (including phenoxy) is 8. The highest BCUT2D eigenvalue weighted by molar-refractivity contribution is 9.10. The SMILES string of the molecule is C#CCOCCCN(C)C(=O)OC(C)(C)C.C1CCOC1.CN(CCCOCC#Cc1cccc2c1[nH]c(=O)n2C1CCC(=O)NC1=O)C(=O)OC(C)(C)C.CN(CCCOCCCc1cccc2c1[nH]c(=O)n2C1CCC(=O)NC1=O)C(=O)OC(C)(C)C.CNCCCOCCCc1cccc2c1[nH]c(=O)n2C1CCC(=O)NC1=O.Cl.Cn1c(=O)n(C2CCC(=O)NC2=O)c2cccc(Br)c21.O=P.P.PP. The second kappa shape index (κ2) is 62.2. The Kier molecular flexibility index (Phi) is 54.1. The fourth-order valence-electron chi connectivity index (χ4n) is 15.1. The molecular weight excluding hydrogens is 2000 g/mol. The molecule has 0 radical (unpaired) electrons. The Morgan fingerprint density at radius 2 is 0.817 bits per heavy atom. The number of aromatic amines is 3. The summed E-state index contributed by atoms with van der Waals surface area (Å²) in [5, 5.41) is 12.3. The molecule has 4 aromatic carbocycles. The Labute approximate surface area is 850 Å². The zero-order valence-corrected chi connectivity index (χ0v) is 90.6. The van der Waals surface area contributed by atoms with Gasteiger partial charge in [0.25, 0.3) is 0 Å². The van der Waals surface area contributed by atoms with Crippen LogP contribution in [-0.2, 0) is 101 Å². The summed E-state index contributed by atoms with van der Waals surface area (Å²) >= 11 is 3.42. The van der Waals surface area contributed by atoms with Crippen molar-refractivity contribution in [3.05, 3.63) is 136 Å². The third kappa shape index (κ3) is 39.1. The van der Waals surface area contributed by atoms with E-state index in [2.05, 4.69) is 93.1 Å². The first-order valence-corrected chi connectivity index (χ1v) is 50.2. The minimum atomic E-state index is -0.746. The lowest BCUT2D eigenvalue weighted by Crippen LogP contribution is -2.44. The fraction of sp³-hybridized carbons (Fsp3) is 0.552. The van der Waals surface area contributed by atoms with Gasteiger partial charge in [-0.1, -0.05) is 54.2 Å². The van der Waals surface area contributed by atoms with E-state index in [0.717, 1.165) is 85.1 Å². The van der Waals surface area contributed by atoms with Gasteiger partial charge >= 0.3 is 41.0 Å². The molecule has 4 aromatic heterocycles. The van der Waals surface area contributed by atoms with Gasteiger partial charge in [0.15, 0.2) is 0 Å². The first kappa shape index (κ1) is 124. The van der Waals surface area contributed by atoms with E-state index in [1.54, 1.807) is 72.5 Å². The number of aryl methyl sites for hydroxylation is 3. The third-order valence-electron chi connectivity index (χ3n) is 21.6. The number of nitrogens with zero attached hydrogens (tertiary/aromatic N) is 8. The number of aromatic nitrogens is 8. The molecule has 40 nitrogen and oxygen atoms in total. The number of para-hydroxylation sites is 4. The zero-order valence-electron chi connectivity index (χ0n) is 83.5. The number of carbonyl (C=O) groups is 11. The van der Waals surface area contributed by atoms with Crippen LogP contribution in [0.1, 0.15) is 206 Å². The molecule has 5 fully saturated rings. The maximum Gasteiger partial charge on any atom is 0.410 e. The van der Waals surface area contributed by atoms with Crippen molar-refractivity contribution >= 4 is 175 Å². The molecule has 46 heteroatoms. The number of carbonyl (C=O) groups excluding carboxylic acids is 11. The molecule has 7 atom stereocenters. The van der Waals surface area contributed by atoms with E-state index in [9.17, 15) is 71.9 Å². The predicted molar refractivity (Wildman–Crippen MR) is 560 cm³/mol. The summed E-state index contributed by atoms with van der Waals surface area (Å²) < 4.78 is 58.8. The van der Waals surface area contributed by atoms with E-state index < -0.39 is 70.3 Å². The van der Waals surface area contributed by atoms with Crippen LogP contribution in [-0.4, -0.2) is 255 Å². The lowest BCUT2D eigenvalue weighted by Gasteiger charge is -2.24. The molecular formula is C96H140BrClN16O24P4. The summed E-state index contributed by atoms with van der Waals surface area (Å²) in [4.78, 5) is 193. The molecule has 0 saturated carbocycles. The van der Waals surface area contributed by atoms with Gasteiger partial charge in [0, 0.05) is 131 Å². The highest BCUT2D eigenvalue weighted by atomic mass is 79.9. The van der Waals surface area contributed by atoms with Gasteiger partial charge in [-0.3, -0.25) is 87.0 Å². The number of rotatable bonds is 30. The number of benzene rings is 4. The maximum atomic E-state index is 12.6. The zero-order chi connectivity index (χ0) is 104. The number of hydrogen-bond donors (Lipinski definition) is 8. The Balaban J connectivity index is 0.000000368. The van der Waals surface area contributed by atoms with Gasteiger partial charge in [0.05, 0.1) is 49.7 Å². The molecule has 0 bridgehead atoms. The molecule has 7 unspecified atom stereocenters. The topological polar surface area (TPSA) is 489 Å². The lowest BCUT2D eigenvalue weighted by atomic mass is 10.0. The number of H-pyrrole nitrogens is 3. The Bertz CT molecular complexity index is 5900. The first-order valence-electron chi connectivity index (χ1n) is 46.3. The molecule has 13 rings (SSSR count). The molecule has 8 aromatic rings. The van der Waals surface area contributed by atoms with E-state index in [-0.39, 0.29) is 120 Å². The van der Waals surface area contributed by atoms with Crippen molar-refractivity contribution in [1.82, 2.24) is 79.1 Å². The number of piperidine rings is 4. The van der Waals surface area contributed by atoms with Crippen molar-refractivity contribution in [2.75, 3.05) is 120 Å². The largest absolute Gasteiger partial charge is 0.444 e. The second-order valence-electron chi connectivity index (χ2n) is 36.0. The fourth-order valence-corrected chi connectivity index (χ4v) is 15.7. The number of nitrogens with one attached hydrogen (secondary N) is 8. The average Bonchev–Trinajstić information content (AvgIpc) is 1.56. The Morgan fingerprint density at radius 1 is 0.486 bits per heavy atom. The smallest absolute Gasteiger partial charge is 0.410 e. The van der Waals surface area contributed by atoms with Crippen molar-refractivity contribution in [3.63, 3.8) is 0 Å². The van der Waals surface area contributed by atoms with Crippen molar-refractivity contribution in [2.24, 2.45) is 7.05 Å². The molecule has 5 saturated heterocycles. The minimum Gasteiger partial charge on any atom is -0.444 e. The second-order valence-corrected chi connectivity index (χ2v) is 36.8. The number of halogens is 2. The van der Waals surface area contributed by atoms with E-state index in [0.29, 0.717) is 136 Å². The minimum absolute atomic E-state index is 0. The number of terminal acetylenes is 1. The van der Waals surface area contributed by atoms with E-state index in [1.165, 1.54) is 45.5 Å². The Morgan fingerprint density at radius 3 is 1.18 bits per heavy atom. The molecule has 8 N–H and O–H groups in total. The van der Waals surface area contributed by atoms with Crippen molar-refractivity contribution < 1.29 is 95.2 Å². The number of hydrogen-bond acceptors (Lipinski definition) is 25. The Hall–Kier alpha value is -10.6. The molecule has 142 heavy (non-hydrogen) atoms. The summed E-state index contributed by atoms with van der Waals surface area (Å²) in [6.07, 6.45) is 14.8. The third-order valence-corrected chi connectivity index (χ3v) is 22.3.